The van der Waals surface area contributed by atoms with Crippen LogP contribution in [-0.2, 0) is 10.8 Å². The standard InChI is InChI=1S/C46H35F10N2S/c1-45(2,3)25-13-11-23(12-14-25)32-19-24(28-20-26(46(4,5)6)15-18-31(28)59-32)10-7-22-8-16-27(17-9-22)58-30(34-37(49)41(53)44(56)42(54)38(34)50)21-29(57-58)33-35(47)39(51)43(55)40(52)36(33)48/h7-20,30H,21H2,1-6H3/q+1/b22-7?,24-10+,58-27?. The molecule has 0 N–H and O–H groups in total. The number of hydrogen-bond donors (Lipinski definition) is 0. The number of halogens is 10. The molecule has 1 aliphatic carbocycles. The fraction of sp³-hybridized carbons (Fsp3) is 0.217. The molecule has 2 nitrogen and oxygen atoms in total. The van der Waals surface area contributed by atoms with Crippen LogP contribution in [0.4, 0.5) is 43.9 Å². The molecule has 2 heterocycles. The Balaban J connectivity index is 1.32. The van der Waals surface area contributed by atoms with Crippen LogP contribution in [0.15, 0.2) is 101 Å². The molecule has 2 aliphatic heterocycles. The zero-order valence-corrected chi connectivity index (χ0v) is 33.3. The molecule has 4 aromatic rings. The maximum absolute atomic E-state index is 15.2. The molecule has 13 heteroatoms. The molecule has 0 radical (unpaired) electrons. The number of rotatable bonds is 4. The van der Waals surface area contributed by atoms with Crippen molar-refractivity contribution in [2.24, 2.45) is 5.10 Å². The van der Waals surface area contributed by atoms with E-state index in [1.165, 1.54) is 17.7 Å². The van der Waals surface area contributed by atoms with Crippen molar-refractivity contribution in [3.05, 3.63) is 182 Å². The summed E-state index contributed by atoms with van der Waals surface area (Å²) in [5, 5.41) is 3.95. The van der Waals surface area contributed by atoms with Crippen molar-refractivity contribution in [1.82, 2.24) is 0 Å². The Labute approximate surface area is 338 Å². The Kier molecular flexibility index (Phi) is 10.8. The van der Waals surface area contributed by atoms with Gasteiger partial charge in [0.25, 0.3) is 0 Å². The Bertz CT molecular complexity index is 2590. The van der Waals surface area contributed by atoms with Crippen LogP contribution in [0.1, 0.15) is 87.4 Å². The highest BCUT2D eigenvalue weighted by atomic mass is 32.2. The summed E-state index contributed by atoms with van der Waals surface area (Å²) in [5.41, 5.74) is 1.81. The van der Waals surface area contributed by atoms with Crippen LogP contribution in [0, 0.1) is 58.2 Å². The zero-order chi connectivity index (χ0) is 42.9. The van der Waals surface area contributed by atoms with Crippen molar-refractivity contribution in [1.29, 1.82) is 0 Å². The SMILES string of the molecule is CC(C)(C)c1ccc(C2=C/C(=C\C=C3C=CC(=[N+]4N=C(c5c(F)c(F)c(F)c(F)c5F)CC4c4c(F)c(F)c(F)c(F)c4F)C=C3)c3cc(C(C)(C)C)ccc3S2)cc1. The number of allylic oxidation sites excluding steroid dienone is 9. The number of hydrogen-bond acceptors (Lipinski definition) is 2. The number of hydrazone groups is 1. The first-order valence-corrected chi connectivity index (χ1v) is 19.2. The van der Waals surface area contributed by atoms with Gasteiger partial charge in [-0.25, -0.2) is 43.9 Å². The van der Waals surface area contributed by atoms with Crippen LogP contribution in [0.5, 0.6) is 0 Å². The van der Waals surface area contributed by atoms with Gasteiger partial charge in [-0.05, 0) is 79.7 Å². The third-order valence-electron chi connectivity index (χ3n) is 10.3. The Hall–Kier alpha value is -5.43. The molecular weight excluding hydrogens is 803 g/mol. The van der Waals surface area contributed by atoms with E-state index < -0.39 is 87.5 Å². The first-order chi connectivity index (χ1) is 27.7. The fourth-order valence-corrected chi connectivity index (χ4v) is 8.01. The van der Waals surface area contributed by atoms with Crippen LogP contribution in [0.25, 0.3) is 10.5 Å². The van der Waals surface area contributed by atoms with Gasteiger partial charge in [0.2, 0.25) is 23.4 Å². The lowest BCUT2D eigenvalue weighted by Crippen LogP contribution is -2.21. The second-order valence-corrected chi connectivity index (χ2v) is 17.4. The van der Waals surface area contributed by atoms with E-state index in [0.717, 1.165) is 36.7 Å². The van der Waals surface area contributed by atoms with E-state index in [1.54, 1.807) is 30.0 Å². The number of benzene rings is 4. The molecule has 0 saturated carbocycles. The average Bonchev–Trinajstić information content (AvgIpc) is 3.63. The molecule has 3 aliphatic rings. The molecule has 7 rings (SSSR count). The second kappa shape index (κ2) is 15.3. The van der Waals surface area contributed by atoms with E-state index in [4.69, 9.17) is 0 Å². The van der Waals surface area contributed by atoms with Gasteiger partial charge in [0.05, 0.1) is 12.0 Å². The monoisotopic (exact) mass is 837 g/mol. The molecule has 1 unspecified atom stereocenters. The van der Waals surface area contributed by atoms with E-state index >= 15 is 8.78 Å². The van der Waals surface area contributed by atoms with Crippen molar-refractivity contribution in [3.63, 3.8) is 0 Å². The summed E-state index contributed by atoms with van der Waals surface area (Å²) in [6, 6.07) is 12.8. The summed E-state index contributed by atoms with van der Waals surface area (Å²) >= 11 is 1.65. The lowest BCUT2D eigenvalue weighted by Gasteiger charge is -2.25. The molecule has 4 aromatic carbocycles. The highest BCUT2D eigenvalue weighted by Gasteiger charge is 2.45. The van der Waals surface area contributed by atoms with Crippen LogP contribution >= 0.6 is 11.8 Å². The Morgan fingerprint density at radius 1 is 0.610 bits per heavy atom. The van der Waals surface area contributed by atoms with Gasteiger partial charge >= 0.3 is 0 Å². The van der Waals surface area contributed by atoms with Gasteiger partial charge in [0.1, 0.15) is 11.3 Å². The molecule has 0 aromatic heterocycles. The molecule has 0 spiro atoms. The highest BCUT2D eigenvalue weighted by molar-refractivity contribution is 8.08. The van der Waals surface area contributed by atoms with E-state index in [-0.39, 0.29) is 16.5 Å². The van der Waals surface area contributed by atoms with Gasteiger partial charge in [-0.2, -0.15) is 0 Å². The van der Waals surface area contributed by atoms with Gasteiger partial charge in [0, 0.05) is 22.0 Å². The first kappa shape index (κ1) is 41.7. The normalized spacial score (nSPS) is 17.5. The van der Waals surface area contributed by atoms with Gasteiger partial charge in [-0.3, -0.25) is 0 Å². The Morgan fingerprint density at radius 2 is 1.12 bits per heavy atom. The summed E-state index contributed by atoms with van der Waals surface area (Å²) in [6.07, 6.45) is 10.6. The van der Waals surface area contributed by atoms with Gasteiger partial charge in [0.15, 0.2) is 46.5 Å². The van der Waals surface area contributed by atoms with Crippen molar-refractivity contribution in [3.8, 4) is 0 Å². The number of nitrogens with zero attached hydrogens (tertiary/aromatic N) is 2. The van der Waals surface area contributed by atoms with Crippen LogP contribution in [0.2, 0.25) is 0 Å². The van der Waals surface area contributed by atoms with Crippen LogP contribution in [-0.4, -0.2) is 16.1 Å². The average molecular weight is 838 g/mol. The first-order valence-electron chi connectivity index (χ1n) is 18.4. The number of thioether (sulfide) groups is 1. The summed E-state index contributed by atoms with van der Waals surface area (Å²) in [4.78, 5) is 2.06. The summed E-state index contributed by atoms with van der Waals surface area (Å²) < 4.78 is 146. The molecule has 0 fully saturated rings. The van der Waals surface area contributed by atoms with E-state index in [9.17, 15) is 35.1 Å². The second-order valence-electron chi connectivity index (χ2n) is 16.3. The molecule has 0 saturated heterocycles. The third kappa shape index (κ3) is 7.65. The smallest absolute Gasteiger partial charge is 0.203 e. The van der Waals surface area contributed by atoms with Crippen molar-refractivity contribution < 1.29 is 48.6 Å². The minimum absolute atomic E-state index is 0.0249. The molecule has 59 heavy (non-hydrogen) atoms. The van der Waals surface area contributed by atoms with Crippen molar-refractivity contribution in [2.75, 3.05) is 0 Å². The fourth-order valence-electron chi connectivity index (χ4n) is 6.91. The predicted octanol–water partition coefficient (Wildman–Crippen LogP) is 13.3. The summed E-state index contributed by atoms with van der Waals surface area (Å²) in [6.45, 7) is 12.8. The summed E-state index contributed by atoms with van der Waals surface area (Å²) in [7, 11) is 0. The van der Waals surface area contributed by atoms with E-state index in [2.05, 4.69) is 95.2 Å². The molecule has 0 amide bonds. The van der Waals surface area contributed by atoms with Crippen molar-refractivity contribution in [2.45, 2.75) is 69.7 Å². The lowest BCUT2D eigenvalue weighted by molar-refractivity contribution is -0.566. The predicted molar refractivity (Wildman–Crippen MR) is 210 cm³/mol. The minimum atomic E-state index is -2.45. The number of fused-ring (bicyclic) bond motifs is 1. The highest BCUT2D eigenvalue weighted by Crippen LogP contribution is 2.46. The van der Waals surface area contributed by atoms with Gasteiger partial charge < -0.3 is 0 Å². The van der Waals surface area contributed by atoms with Crippen LogP contribution < -0.4 is 0 Å². The zero-order valence-electron chi connectivity index (χ0n) is 32.4. The maximum atomic E-state index is 15.2. The lowest BCUT2D eigenvalue weighted by atomic mass is 9.85. The summed E-state index contributed by atoms with van der Waals surface area (Å²) in [5.74, 6) is -23.2. The molecule has 0 bridgehead atoms. The quantitative estimate of drug-likeness (QED) is 0.0865. The van der Waals surface area contributed by atoms with Crippen molar-refractivity contribution >= 4 is 33.7 Å². The van der Waals surface area contributed by atoms with Gasteiger partial charge in [-0.15, -0.1) is 0 Å². The molecule has 1 atom stereocenters. The van der Waals surface area contributed by atoms with E-state index in [1.807, 2.05) is 6.08 Å². The van der Waals surface area contributed by atoms with Gasteiger partial charge in [-0.1, -0.05) is 100 Å². The van der Waals surface area contributed by atoms with Crippen LogP contribution in [0.3, 0.4) is 0 Å². The maximum Gasteiger partial charge on any atom is 0.232 e. The molecule has 304 valence electrons. The van der Waals surface area contributed by atoms with E-state index in [0.29, 0.717) is 5.57 Å². The largest absolute Gasteiger partial charge is 0.232 e. The Morgan fingerprint density at radius 3 is 1.66 bits per heavy atom. The third-order valence-corrected chi connectivity index (χ3v) is 11.4. The molecular formula is C46H35F10N2S+. The topological polar surface area (TPSA) is 15.4 Å². The minimum Gasteiger partial charge on any atom is -0.203 e.